The Bertz CT molecular complexity index is 1220. The number of halogens is 1. The molecule has 160 valence electrons. The second-order valence-corrected chi connectivity index (χ2v) is 8.41. The van der Waals surface area contributed by atoms with Crippen molar-refractivity contribution < 1.29 is 19.3 Å². The van der Waals surface area contributed by atoms with Crippen molar-refractivity contribution in [2.75, 3.05) is 9.96 Å². The molecule has 3 aromatic rings. The Kier molecular flexibility index (Phi) is 4.99. The summed E-state index contributed by atoms with van der Waals surface area (Å²) in [6.45, 7) is 0. The molecule has 0 bridgehead atoms. The van der Waals surface area contributed by atoms with Gasteiger partial charge in [0.25, 0.3) is 11.6 Å². The van der Waals surface area contributed by atoms with Crippen molar-refractivity contribution in [1.82, 2.24) is 0 Å². The summed E-state index contributed by atoms with van der Waals surface area (Å²) in [5.41, 5.74) is 1.71. The molecule has 2 aliphatic rings. The Morgan fingerprint density at radius 2 is 1.59 bits per heavy atom. The van der Waals surface area contributed by atoms with Gasteiger partial charge in [-0.3, -0.25) is 24.5 Å². The largest absolute Gasteiger partial charge is 0.273 e. The first-order valence-corrected chi connectivity index (χ1v) is 10.6. The number of nitro benzene ring substituents is 1. The molecule has 2 aliphatic heterocycles. The second-order valence-electron chi connectivity index (χ2n) is 7.50. The minimum Gasteiger partial charge on any atom is -0.273 e. The lowest BCUT2D eigenvalue weighted by atomic mass is 9.90. The van der Waals surface area contributed by atoms with E-state index in [0.717, 1.165) is 20.6 Å². The summed E-state index contributed by atoms with van der Waals surface area (Å²) in [6.07, 6.45) is -0.998. The molecule has 8 nitrogen and oxygen atoms in total. The smallest absolute Gasteiger partial charge is 0.269 e. The fraction of sp³-hybridized carbons (Fsp3) is 0.130. The van der Waals surface area contributed by atoms with Crippen LogP contribution in [0.25, 0.3) is 0 Å². The highest BCUT2D eigenvalue weighted by molar-refractivity contribution is 9.10. The number of hydroxylamine groups is 1. The topological polar surface area (TPSA) is 93.0 Å². The van der Waals surface area contributed by atoms with E-state index >= 15 is 0 Å². The molecule has 2 saturated heterocycles. The molecule has 2 amide bonds. The maximum absolute atomic E-state index is 13.5. The number of non-ortho nitro benzene ring substituents is 1. The second kappa shape index (κ2) is 7.85. The average Bonchev–Trinajstić information content (AvgIpc) is 3.30. The minimum absolute atomic E-state index is 0.119. The number of carbonyl (C=O) groups is 2. The van der Waals surface area contributed by atoms with Gasteiger partial charge in [0.1, 0.15) is 5.92 Å². The maximum Gasteiger partial charge on any atom is 0.269 e. The summed E-state index contributed by atoms with van der Waals surface area (Å²) >= 11 is 3.48. The molecule has 0 aliphatic carbocycles. The van der Waals surface area contributed by atoms with E-state index in [-0.39, 0.29) is 11.4 Å². The summed E-state index contributed by atoms with van der Waals surface area (Å²) in [5.74, 6) is -1.67. The number of carbonyl (C=O) groups excluding carboxylic acids is 2. The van der Waals surface area contributed by atoms with Crippen LogP contribution in [0, 0.1) is 16.0 Å². The Labute approximate surface area is 191 Å². The number of fused-ring (bicyclic) bond motifs is 1. The van der Waals surface area contributed by atoms with Gasteiger partial charge in [-0.2, -0.15) is 0 Å². The third-order valence-electron chi connectivity index (χ3n) is 5.64. The molecule has 0 radical (unpaired) electrons. The molecule has 9 heteroatoms. The fourth-order valence-electron chi connectivity index (χ4n) is 4.22. The van der Waals surface area contributed by atoms with Crippen molar-refractivity contribution in [3.05, 3.63) is 99.0 Å². The number of nitro groups is 1. The summed E-state index contributed by atoms with van der Waals surface area (Å²) in [5, 5.41) is 12.6. The van der Waals surface area contributed by atoms with Crippen LogP contribution in [0.4, 0.5) is 17.1 Å². The SMILES string of the molecule is O=C1[C@@H]2[C@@H](ON(c3ccccc3)[C@H]2c2cccc(Br)c2)C(=O)N1c1ccc([N+](=O)[O-])cc1. The van der Waals surface area contributed by atoms with Gasteiger partial charge in [0.05, 0.1) is 22.3 Å². The molecule has 0 aromatic heterocycles. The van der Waals surface area contributed by atoms with Crippen molar-refractivity contribution in [2.24, 2.45) is 5.92 Å². The number of imide groups is 1. The standard InChI is InChI=1S/C23H16BrN3O5/c24-15-6-4-5-14(13-15)20-19-21(32-26(20)17-7-2-1-3-8-17)23(29)25(22(19)28)16-9-11-18(12-10-16)27(30)31/h1-13,19-21H/t19-,20-,21+/m0/s1. The van der Waals surface area contributed by atoms with Gasteiger partial charge in [-0.15, -0.1) is 0 Å². The van der Waals surface area contributed by atoms with Crippen molar-refractivity contribution in [2.45, 2.75) is 12.1 Å². The molecule has 0 unspecified atom stereocenters. The normalized spacial score (nSPS) is 22.3. The maximum atomic E-state index is 13.5. The molecule has 2 heterocycles. The monoisotopic (exact) mass is 493 g/mol. The fourth-order valence-corrected chi connectivity index (χ4v) is 4.64. The average molecular weight is 494 g/mol. The van der Waals surface area contributed by atoms with E-state index in [1.807, 2.05) is 54.6 Å². The molecular weight excluding hydrogens is 478 g/mol. The highest BCUT2D eigenvalue weighted by Gasteiger charge is 2.60. The minimum atomic E-state index is -0.998. The van der Waals surface area contributed by atoms with Crippen LogP contribution in [0.1, 0.15) is 11.6 Å². The Morgan fingerprint density at radius 1 is 0.875 bits per heavy atom. The van der Waals surface area contributed by atoms with Crippen molar-refractivity contribution in [3.63, 3.8) is 0 Å². The highest BCUT2D eigenvalue weighted by Crippen LogP contribution is 2.47. The number of nitrogens with zero attached hydrogens (tertiary/aromatic N) is 3. The summed E-state index contributed by atoms with van der Waals surface area (Å²) in [7, 11) is 0. The lowest BCUT2D eigenvalue weighted by Crippen LogP contribution is -2.37. The zero-order chi connectivity index (χ0) is 22.4. The summed E-state index contributed by atoms with van der Waals surface area (Å²) in [6, 6.07) is 21.7. The van der Waals surface area contributed by atoms with Gasteiger partial charge in [-0.1, -0.05) is 46.3 Å². The number of para-hydroxylation sites is 1. The van der Waals surface area contributed by atoms with E-state index in [9.17, 15) is 19.7 Å². The Hall–Kier alpha value is -3.56. The predicted octanol–water partition coefficient (Wildman–Crippen LogP) is 4.41. The van der Waals surface area contributed by atoms with Gasteiger partial charge in [-0.25, -0.2) is 9.96 Å². The van der Waals surface area contributed by atoms with E-state index < -0.39 is 34.8 Å². The van der Waals surface area contributed by atoms with E-state index in [4.69, 9.17) is 4.84 Å². The van der Waals surface area contributed by atoms with Crippen LogP contribution in [0.3, 0.4) is 0 Å². The van der Waals surface area contributed by atoms with Crippen LogP contribution < -0.4 is 9.96 Å². The van der Waals surface area contributed by atoms with Crippen LogP contribution in [-0.4, -0.2) is 22.8 Å². The van der Waals surface area contributed by atoms with Crippen LogP contribution in [-0.2, 0) is 14.4 Å². The molecule has 5 rings (SSSR count). The number of amides is 2. The van der Waals surface area contributed by atoms with E-state index in [1.54, 1.807) is 5.06 Å². The molecule has 32 heavy (non-hydrogen) atoms. The van der Waals surface area contributed by atoms with E-state index in [0.29, 0.717) is 0 Å². The zero-order valence-electron chi connectivity index (χ0n) is 16.5. The Morgan fingerprint density at radius 3 is 2.25 bits per heavy atom. The number of hydrogen-bond donors (Lipinski definition) is 0. The van der Waals surface area contributed by atoms with E-state index in [2.05, 4.69) is 15.9 Å². The summed E-state index contributed by atoms with van der Waals surface area (Å²) < 4.78 is 0.843. The first kappa shape index (κ1) is 20.3. The van der Waals surface area contributed by atoms with Gasteiger partial charge < -0.3 is 0 Å². The molecular formula is C23H16BrN3O5. The molecule has 3 atom stereocenters. The third kappa shape index (κ3) is 3.26. The number of anilines is 2. The van der Waals surface area contributed by atoms with Crippen LogP contribution in [0.15, 0.2) is 83.3 Å². The van der Waals surface area contributed by atoms with Gasteiger partial charge in [-0.05, 0) is 42.0 Å². The molecule has 0 saturated carbocycles. The Balaban J connectivity index is 1.56. The lowest BCUT2D eigenvalue weighted by molar-refractivity contribution is -0.384. The predicted molar refractivity (Wildman–Crippen MR) is 120 cm³/mol. The molecule has 0 N–H and O–H groups in total. The van der Waals surface area contributed by atoms with Gasteiger partial charge in [0.15, 0.2) is 6.10 Å². The zero-order valence-corrected chi connectivity index (χ0v) is 18.1. The molecule has 3 aromatic carbocycles. The van der Waals surface area contributed by atoms with Crippen molar-refractivity contribution >= 4 is 44.8 Å². The lowest BCUT2D eigenvalue weighted by Gasteiger charge is -2.28. The molecule has 2 fully saturated rings. The van der Waals surface area contributed by atoms with Gasteiger partial charge in [0, 0.05) is 16.6 Å². The van der Waals surface area contributed by atoms with Crippen LogP contribution in [0.2, 0.25) is 0 Å². The van der Waals surface area contributed by atoms with E-state index in [1.165, 1.54) is 24.3 Å². The third-order valence-corrected chi connectivity index (χ3v) is 6.13. The highest BCUT2D eigenvalue weighted by atomic mass is 79.9. The summed E-state index contributed by atoms with van der Waals surface area (Å²) in [4.78, 5) is 44.3. The van der Waals surface area contributed by atoms with Crippen molar-refractivity contribution in [1.29, 1.82) is 0 Å². The molecule has 0 spiro atoms. The van der Waals surface area contributed by atoms with Crippen LogP contribution in [0.5, 0.6) is 0 Å². The van der Waals surface area contributed by atoms with Crippen molar-refractivity contribution in [3.8, 4) is 0 Å². The first-order valence-electron chi connectivity index (χ1n) is 9.84. The number of rotatable bonds is 4. The quantitative estimate of drug-likeness (QED) is 0.303. The van der Waals surface area contributed by atoms with Crippen LogP contribution >= 0.6 is 15.9 Å². The number of hydrogen-bond acceptors (Lipinski definition) is 6. The van der Waals surface area contributed by atoms with Gasteiger partial charge >= 0.3 is 0 Å². The number of benzene rings is 3. The van der Waals surface area contributed by atoms with Gasteiger partial charge in [0.2, 0.25) is 5.91 Å². The first-order chi connectivity index (χ1) is 15.5.